The van der Waals surface area contributed by atoms with Crippen molar-refractivity contribution in [2.45, 2.75) is 25.5 Å². The van der Waals surface area contributed by atoms with E-state index in [0.29, 0.717) is 13.1 Å². The lowest BCUT2D eigenvalue weighted by Crippen LogP contribution is -2.35. The van der Waals surface area contributed by atoms with Gasteiger partial charge < -0.3 is 14.6 Å². The molecule has 1 saturated heterocycles. The average Bonchev–Trinajstić information content (AvgIpc) is 2.91. The predicted molar refractivity (Wildman–Crippen MR) is 74.9 cm³/mol. The number of rotatable bonds is 7. The van der Waals surface area contributed by atoms with Crippen LogP contribution >= 0.6 is 0 Å². The van der Waals surface area contributed by atoms with E-state index >= 15 is 0 Å². The molecular formula is C15H21NO4. The van der Waals surface area contributed by atoms with Crippen LogP contribution in [0.2, 0.25) is 0 Å². The molecular weight excluding hydrogens is 258 g/mol. The highest BCUT2D eigenvalue weighted by atomic mass is 16.5. The van der Waals surface area contributed by atoms with E-state index in [1.54, 1.807) is 7.11 Å². The maximum absolute atomic E-state index is 11.0. The SMILES string of the molecule is COc1ccccc1CN(CC(=O)O)C[C@@H]1CCCO1. The van der Waals surface area contributed by atoms with Crippen LogP contribution in [0.3, 0.4) is 0 Å². The standard InChI is InChI=1S/C15H21NO4/c1-19-14-7-3-2-5-12(14)9-16(11-15(17)18)10-13-6-4-8-20-13/h2-3,5,7,13H,4,6,8-11H2,1H3,(H,17,18)/t13-/m0/s1. The molecule has 5 nitrogen and oxygen atoms in total. The van der Waals surface area contributed by atoms with Gasteiger partial charge in [0.05, 0.1) is 19.8 Å². The Morgan fingerprint density at radius 2 is 2.30 bits per heavy atom. The minimum atomic E-state index is -0.821. The summed E-state index contributed by atoms with van der Waals surface area (Å²) in [4.78, 5) is 12.9. The van der Waals surface area contributed by atoms with Gasteiger partial charge in [0.1, 0.15) is 5.75 Å². The molecule has 1 fully saturated rings. The fourth-order valence-corrected chi connectivity index (χ4v) is 2.53. The van der Waals surface area contributed by atoms with E-state index in [2.05, 4.69) is 0 Å². The second kappa shape index (κ2) is 7.26. The third-order valence-electron chi connectivity index (χ3n) is 3.43. The van der Waals surface area contributed by atoms with E-state index in [1.165, 1.54) is 0 Å². The molecule has 1 aliphatic rings. The molecule has 110 valence electrons. The molecule has 0 saturated carbocycles. The van der Waals surface area contributed by atoms with Gasteiger partial charge in [0, 0.05) is 25.3 Å². The summed E-state index contributed by atoms with van der Waals surface area (Å²) in [6, 6.07) is 7.69. The summed E-state index contributed by atoms with van der Waals surface area (Å²) in [5.41, 5.74) is 0.995. The van der Waals surface area contributed by atoms with Crippen molar-refractivity contribution >= 4 is 5.97 Å². The summed E-state index contributed by atoms with van der Waals surface area (Å²) in [5.74, 6) is -0.0341. The van der Waals surface area contributed by atoms with Crippen LogP contribution in [-0.2, 0) is 16.1 Å². The lowest BCUT2D eigenvalue weighted by atomic mass is 10.1. The van der Waals surface area contributed by atoms with Gasteiger partial charge in [-0.05, 0) is 18.9 Å². The molecule has 1 aromatic carbocycles. The van der Waals surface area contributed by atoms with Crippen molar-refractivity contribution in [2.24, 2.45) is 0 Å². The number of hydrogen-bond donors (Lipinski definition) is 1. The van der Waals surface area contributed by atoms with Crippen LogP contribution in [-0.4, -0.2) is 48.9 Å². The number of methoxy groups -OCH3 is 1. The molecule has 0 aliphatic carbocycles. The van der Waals surface area contributed by atoms with Crippen LogP contribution < -0.4 is 4.74 Å². The second-order valence-corrected chi connectivity index (χ2v) is 5.01. The molecule has 0 spiro atoms. The Balaban J connectivity index is 2.03. The van der Waals surface area contributed by atoms with E-state index < -0.39 is 5.97 Å². The highest BCUT2D eigenvalue weighted by molar-refractivity contribution is 5.69. The quantitative estimate of drug-likeness (QED) is 0.824. The van der Waals surface area contributed by atoms with E-state index in [-0.39, 0.29) is 12.6 Å². The normalized spacial score (nSPS) is 18.4. The van der Waals surface area contributed by atoms with Gasteiger partial charge in [-0.15, -0.1) is 0 Å². The summed E-state index contributed by atoms with van der Waals surface area (Å²) in [6.45, 7) is 1.98. The minimum Gasteiger partial charge on any atom is -0.496 e. The molecule has 5 heteroatoms. The molecule has 0 bridgehead atoms. The van der Waals surface area contributed by atoms with Crippen LogP contribution in [0.5, 0.6) is 5.75 Å². The third-order valence-corrected chi connectivity index (χ3v) is 3.43. The fourth-order valence-electron chi connectivity index (χ4n) is 2.53. The Hall–Kier alpha value is -1.59. The molecule has 0 aromatic heterocycles. The molecule has 1 aromatic rings. The Labute approximate surface area is 119 Å². The Bertz CT molecular complexity index is 443. The number of aliphatic carboxylic acids is 1. The predicted octanol–water partition coefficient (Wildman–Crippen LogP) is 1.76. The van der Waals surface area contributed by atoms with E-state index in [1.807, 2.05) is 29.2 Å². The number of carbonyl (C=O) groups is 1. The number of hydrogen-bond acceptors (Lipinski definition) is 4. The largest absolute Gasteiger partial charge is 0.496 e. The van der Waals surface area contributed by atoms with Crippen molar-refractivity contribution in [1.29, 1.82) is 0 Å². The highest BCUT2D eigenvalue weighted by Crippen LogP contribution is 2.21. The number of benzene rings is 1. The zero-order chi connectivity index (χ0) is 14.4. The zero-order valence-corrected chi connectivity index (χ0v) is 11.7. The van der Waals surface area contributed by atoms with Crippen LogP contribution in [0.25, 0.3) is 0 Å². The number of para-hydroxylation sites is 1. The summed E-state index contributed by atoms with van der Waals surface area (Å²) in [7, 11) is 1.63. The van der Waals surface area contributed by atoms with Crippen LogP contribution in [0.4, 0.5) is 0 Å². The topological polar surface area (TPSA) is 59.0 Å². The molecule has 2 rings (SSSR count). The first-order valence-corrected chi connectivity index (χ1v) is 6.86. The first-order chi connectivity index (χ1) is 9.69. The molecule has 1 N–H and O–H groups in total. The lowest BCUT2D eigenvalue weighted by Gasteiger charge is -2.24. The maximum Gasteiger partial charge on any atom is 0.317 e. The van der Waals surface area contributed by atoms with Crippen molar-refractivity contribution in [3.63, 3.8) is 0 Å². The van der Waals surface area contributed by atoms with Crippen molar-refractivity contribution in [1.82, 2.24) is 4.90 Å². The van der Waals surface area contributed by atoms with Crippen molar-refractivity contribution in [2.75, 3.05) is 26.8 Å². The molecule has 0 unspecified atom stereocenters. The van der Waals surface area contributed by atoms with E-state index in [9.17, 15) is 4.79 Å². The highest BCUT2D eigenvalue weighted by Gasteiger charge is 2.21. The first-order valence-electron chi connectivity index (χ1n) is 6.86. The maximum atomic E-state index is 11.0. The number of carboxylic acid groups (broad SMARTS) is 1. The van der Waals surface area contributed by atoms with Crippen LogP contribution in [0.15, 0.2) is 24.3 Å². The molecule has 20 heavy (non-hydrogen) atoms. The zero-order valence-electron chi connectivity index (χ0n) is 11.7. The molecule has 0 radical (unpaired) electrons. The van der Waals surface area contributed by atoms with Gasteiger partial charge in [-0.1, -0.05) is 18.2 Å². The molecule has 1 heterocycles. The van der Waals surface area contributed by atoms with Gasteiger partial charge in [-0.3, -0.25) is 9.69 Å². The summed E-state index contributed by atoms with van der Waals surface area (Å²) in [5, 5.41) is 9.05. The van der Waals surface area contributed by atoms with Gasteiger partial charge in [-0.2, -0.15) is 0 Å². The second-order valence-electron chi connectivity index (χ2n) is 5.01. The number of carboxylic acids is 1. The van der Waals surface area contributed by atoms with Crippen LogP contribution in [0, 0.1) is 0 Å². The Morgan fingerprint density at radius 3 is 2.95 bits per heavy atom. The average molecular weight is 279 g/mol. The number of nitrogens with zero attached hydrogens (tertiary/aromatic N) is 1. The van der Waals surface area contributed by atoms with Gasteiger partial charge in [0.25, 0.3) is 0 Å². The minimum absolute atomic E-state index is 0.0118. The fraction of sp³-hybridized carbons (Fsp3) is 0.533. The summed E-state index contributed by atoms with van der Waals surface area (Å²) >= 11 is 0. The summed E-state index contributed by atoms with van der Waals surface area (Å²) in [6.07, 6.45) is 2.20. The first kappa shape index (κ1) is 14.8. The van der Waals surface area contributed by atoms with Gasteiger partial charge in [-0.25, -0.2) is 0 Å². The molecule has 0 amide bonds. The van der Waals surface area contributed by atoms with Crippen molar-refractivity contribution < 1.29 is 19.4 Å². The van der Waals surface area contributed by atoms with Crippen LogP contribution in [0.1, 0.15) is 18.4 Å². The van der Waals surface area contributed by atoms with Gasteiger partial charge >= 0.3 is 5.97 Å². The molecule has 1 aliphatic heterocycles. The van der Waals surface area contributed by atoms with Crippen molar-refractivity contribution in [3.05, 3.63) is 29.8 Å². The van der Waals surface area contributed by atoms with Gasteiger partial charge in [0.2, 0.25) is 0 Å². The smallest absolute Gasteiger partial charge is 0.317 e. The monoisotopic (exact) mass is 279 g/mol. The van der Waals surface area contributed by atoms with E-state index in [4.69, 9.17) is 14.6 Å². The third kappa shape index (κ3) is 4.21. The van der Waals surface area contributed by atoms with E-state index in [0.717, 1.165) is 30.8 Å². The lowest BCUT2D eigenvalue weighted by molar-refractivity contribution is -0.138. The van der Waals surface area contributed by atoms with Gasteiger partial charge in [0.15, 0.2) is 0 Å². The Kier molecular flexibility index (Phi) is 5.38. The summed E-state index contributed by atoms with van der Waals surface area (Å²) < 4.78 is 10.9. The molecule has 1 atom stereocenters. The number of ether oxygens (including phenoxy) is 2. The van der Waals surface area contributed by atoms with Crippen molar-refractivity contribution in [3.8, 4) is 5.75 Å². The Morgan fingerprint density at radius 1 is 1.50 bits per heavy atom.